The standard InChI is InChI=1S/C16H25N3O3S/c1-13(11-17)12-18-16(20)14-6-5-7-15(10-14)23(21,22)19-8-3-2-4-9-19/h5-7,10,13H,2-4,8-9,11-12,17H2,1H3,(H,18,20). The number of rotatable bonds is 6. The lowest BCUT2D eigenvalue weighted by molar-refractivity contribution is 0.0948. The molecule has 1 aromatic carbocycles. The summed E-state index contributed by atoms with van der Waals surface area (Å²) in [5.41, 5.74) is 5.88. The maximum Gasteiger partial charge on any atom is 0.251 e. The molecule has 1 heterocycles. The molecule has 7 heteroatoms. The summed E-state index contributed by atoms with van der Waals surface area (Å²) in [4.78, 5) is 12.3. The number of amides is 1. The molecule has 6 nitrogen and oxygen atoms in total. The molecule has 0 saturated carbocycles. The van der Waals surface area contributed by atoms with Crippen molar-refractivity contribution in [3.8, 4) is 0 Å². The molecule has 2 rings (SSSR count). The average Bonchev–Trinajstić information content (AvgIpc) is 2.60. The van der Waals surface area contributed by atoms with Crippen molar-refractivity contribution in [2.24, 2.45) is 11.7 Å². The van der Waals surface area contributed by atoms with Gasteiger partial charge in [0.25, 0.3) is 5.91 Å². The Morgan fingerprint density at radius 2 is 2.00 bits per heavy atom. The number of piperidine rings is 1. The SMILES string of the molecule is CC(CN)CNC(=O)c1cccc(S(=O)(=O)N2CCCCC2)c1. The second kappa shape index (κ2) is 7.90. The van der Waals surface area contributed by atoms with Crippen LogP contribution in [0, 0.1) is 5.92 Å². The van der Waals surface area contributed by atoms with Crippen molar-refractivity contribution in [2.45, 2.75) is 31.1 Å². The lowest BCUT2D eigenvalue weighted by atomic mass is 10.1. The number of sulfonamides is 1. The van der Waals surface area contributed by atoms with E-state index in [1.165, 1.54) is 10.4 Å². The molecule has 1 aromatic rings. The summed E-state index contributed by atoms with van der Waals surface area (Å²) in [5, 5.41) is 2.78. The van der Waals surface area contributed by atoms with E-state index >= 15 is 0 Å². The molecule has 1 fully saturated rings. The third-order valence-electron chi connectivity index (χ3n) is 4.06. The van der Waals surface area contributed by atoms with Crippen LogP contribution < -0.4 is 11.1 Å². The van der Waals surface area contributed by atoms with Gasteiger partial charge in [-0.3, -0.25) is 4.79 Å². The Morgan fingerprint density at radius 1 is 1.30 bits per heavy atom. The van der Waals surface area contributed by atoms with E-state index in [1.807, 2.05) is 6.92 Å². The molecule has 0 radical (unpaired) electrons. The molecular weight excluding hydrogens is 314 g/mol. The van der Waals surface area contributed by atoms with E-state index in [4.69, 9.17) is 5.73 Å². The van der Waals surface area contributed by atoms with Crippen LogP contribution in [0.2, 0.25) is 0 Å². The van der Waals surface area contributed by atoms with E-state index in [0.717, 1.165) is 19.3 Å². The number of benzene rings is 1. The molecule has 1 aliphatic heterocycles. The number of hydrogen-bond acceptors (Lipinski definition) is 4. The van der Waals surface area contributed by atoms with Crippen LogP contribution in [0.15, 0.2) is 29.2 Å². The summed E-state index contributed by atoms with van der Waals surface area (Å²) in [5.74, 6) is -0.0970. The zero-order chi connectivity index (χ0) is 16.9. The fraction of sp³-hybridized carbons (Fsp3) is 0.562. The summed E-state index contributed by atoms with van der Waals surface area (Å²) >= 11 is 0. The third kappa shape index (κ3) is 4.53. The van der Waals surface area contributed by atoms with Crippen LogP contribution in [0.3, 0.4) is 0 Å². The van der Waals surface area contributed by atoms with Crippen LogP contribution in [0.25, 0.3) is 0 Å². The first-order valence-corrected chi connectivity index (χ1v) is 9.47. The van der Waals surface area contributed by atoms with Gasteiger partial charge in [0.2, 0.25) is 10.0 Å². The highest BCUT2D eigenvalue weighted by Crippen LogP contribution is 2.21. The largest absolute Gasteiger partial charge is 0.352 e. The molecule has 1 atom stereocenters. The highest BCUT2D eigenvalue weighted by atomic mass is 32.2. The quantitative estimate of drug-likeness (QED) is 0.814. The van der Waals surface area contributed by atoms with Gasteiger partial charge in [-0.2, -0.15) is 4.31 Å². The monoisotopic (exact) mass is 339 g/mol. The van der Waals surface area contributed by atoms with Crippen molar-refractivity contribution in [2.75, 3.05) is 26.2 Å². The number of carbonyl (C=O) groups excluding carboxylic acids is 1. The normalized spacial score (nSPS) is 17.7. The minimum atomic E-state index is -3.52. The molecule has 0 aromatic heterocycles. The van der Waals surface area contributed by atoms with Gasteiger partial charge >= 0.3 is 0 Å². The smallest absolute Gasteiger partial charge is 0.251 e. The van der Waals surface area contributed by atoms with E-state index in [2.05, 4.69) is 5.32 Å². The first kappa shape index (κ1) is 17.9. The van der Waals surface area contributed by atoms with Crippen molar-refractivity contribution in [3.05, 3.63) is 29.8 Å². The summed E-state index contributed by atoms with van der Waals surface area (Å²) in [6.07, 6.45) is 2.83. The molecule has 0 bridgehead atoms. The summed E-state index contributed by atoms with van der Waals surface area (Å²) in [6, 6.07) is 6.23. The van der Waals surface area contributed by atoms with Gasteiger partial charge in [-0.05, 0) is 43.5 Å². The van der Waals surface area contributed by atoms with Gasteiger partial charge in [-0.15, -0.1) is 0 Å². The van der Waals surface area contributed by atoms with Crippen LogP contribution in [-0.4, -0.2) is 44.8 Å². The zero-order valence-electron chi connectivity index (χ0n) is 13.5. The second-order valence-corrected chi connectivity index (χ2v) is 7.98. The Bertz CT molecular complexity index is 640. The molecule has 3 N–H and O–H groups in total. The summed E-state index contributed by atoms with van der Waals surface area (Å²) < 4.78 is 26.8. The van der Waals surface area contributed by atoms with Gasteiger partial charge in [0, 0.05) is 25.2 Å². The Balaban J connectivity index is 2.14. The van der Waals surface area contributed by atoms with Crippen LogP contribution in [-0.2, 0) is 10.0 Å². The summed E-state index contributed by atoms with van der Waals surface area (Å²) in [7, 11) is -3.52. The molecular formula is C16H25N3O3S. The van der Waals surface area contributed by atoms with Crippen LogP contribution in [0.1, 0.15) is 36.5 Å². The van der Waals surface area contributed by atoms with Crippen molar-refractivity contribution >= 4 is 15.9 Å². The lowest BCUT2D eigenvalue weighted by Crippen LogP contribution is -2.36. The minimum Gasteiger partial charge on any atom is -0.352 e. The highest BCUT2D eigenvalue weighted by molar-refractivity contribution is 7.89. The van der Waals surface area contributed by atoms with E-state index < -0.39 is 10.0 Å². The van der Waals surface area contributed by atoms with Crippen LogP contribution in [0.4, 0.5) is 0 Å². The van der Waals surface area contributed by atoms with Gasteiger partial charge in [0.05, 0.1) is 4.90 Å². The van der Waals surface area contributed by atoms with Gasteiger partial charge in [-0.25, -0.2) is 8.42 Å². The number of hydrogen-bond donors (Lipinski definition) is 2. The van der Waals surface area contributed by atoms with Crippen molar-refractivity contribution in [1.82, 2.24) is 9.62 Å². The molecule has 1 aliphatic rings. The predicted molar refractivity (Wildman–Crippen MR) is 89.6 cm³/mol. The topological polar surface area (TPSA) is 92.5 Å². The highest BCUT2D eigenvalue weighted by Gasteiger charge is 2.26. The first-order valence-electron chi connectivity index (χ1n) is 8.03. The molecule has 1 saturated heterocycles. The van der Waals surface area contributed by atoms with Crippen molar-refractivity contribution in [3.63, 3.8) is 0 Å². The number of nitrogens with zero attached hydrogens (tertiary/aromatic N) is 1. The average molecular weight is 339 g/mol. The summed E-state index contributed by atoms with van der Waals surface area (Å²) in [6.45, 7) is 4.00. The number of carbonyl (C=O) groups is 1. The minimum absolute atomic E-state index is 0.180. The van der Waals surface area contributed by atoms with Crippen molar-refractivity contribution < 1.29 is 13.2 Å². The van der Waals surface area contributed by atoms with Gasteiger partial charge in [0.1, 0.15) is 0 Å². The van der Waals surface area contributed by atoms with E-state index in [-0.39, 0.29) is 16.7 Å². The maximum atomic E-state index is 12.7. The predicted octanol–water partition coefficient (Wildman–Crippen LogP) is 1.19. The van der Waals surface area contributed by atoms with E-state index in [0.29, 0.717) is 31.7 Å². The molecule has 0 aliphatic carbocycles. The zero-order valence-corrected chi connectivity index (χ0v) is 14.3. The van der Waals surface area contributed by atoms with Gasteiger partial charge in [0.15, 0.2) is 0 Å². The Hall–Kier alpha value is -1.44. The molecule has 128 valence electrons. The molecule has 0 spiro atoms. The Morgan fingerprint density at radius 3 is 2.65 bits per heavy atom. The van der Waals surface area contributed by atoms with Crippen LogP contribution >= 0.6 is 0 Å². The Labute approximate surface area is 138 Å². The second-order valence-electron chi connectivity index (χ2n) is 6.04. The fourth-order valence-electron chi connectivity index (χ4n) is 2.50. The molecule has 1 unspecified atom stereocenters. The number of nitrogens with one attached hydrogen (secondary N) is 1. The van der Waals surface area contributed by atoms with Crippen molar-refractivity contribution in [1.29, 1.82) is 0 Å². The van der Waals surface area contributed by atoms with E-state index in [9.17, 15) is 13.2 Å². The Kier molecular flexibility index (Phi) is 6.15. The van der Waals surface area contributed by atoms with E-state index in [1.54, 1.807) is 18.2 Å². The lowest BCUT2D eigenvalue weighted by Gasteiger charge is -2.26. The molecule has 1 amide bonds. The third-order valence-corrected chi connectivity index (χ3v) is 5.96. The maximum absolute atomic E-state index is 12.7. The molecule has 23 heavy (non-hydrogen) atoms. The first-order chi connectivity index (χ1) is 10.9. The number of nitrogens with two attached hydrogens (primary N) is 1. The van der Waals surface area contributed by atoms with Crippen LogP contribution in [0.5, 0.6) is 0 Å². The fourth-order valence-corrected chi connectivity index (χ4v) is 4.07. The van der Waals surface area contributed by atoms with Gasteiger partial charge < -0.3 is 11.1 Å². The van der Waals surface area contributed by atoms with Gasteiger partial charge in [-0.1, -0.05) is 19.4 Å².